The number of aliphatic hydroxyl groups excluding tert-OH is 1. The lowest BCUT2D eigenvalue weighted by molar-refractivity contribution is -0.139. The molecule has 0 saturated carbocycles. The maximum atomic E-state index is 13.8. The zero-order chi connectivity index (χ0) is 43.1. The van der Waals surface area contributed by atoms with Crippen molar-refractivity contribution < 1.29 is 43.8 Å². The molecule has 318 valence electrons. The highest BCUT2D eigenvalue weighted by molar-refractivity contribution is 5.96. The monoisotopic (exact) mass is 801 g/mol. The number of nitrogens with two attached hydrogens (primary N) is 4. The molecule has 0 radical (unpaired) electrons. The Balaban J connectivity index is 2.20. The topological polar surface area (TPSA) is 316 Å². The van der Waals surface area contributed by atoms with E-state index in [9.17, 15) is 43.8 Å². The normalized spacial score (nSPS) is 17.8. The molecule has 0 aromatic heterocycles. The number of ketones is 2. The van der Waals surface area contributed by atoms with Crippen molar-refractivity contribution in [1.82, 2.24) is 20.9 Å². The summed E-state index contributed by atoms with van der Waals surface area (Å²) in [5, 5.41) is 28.5. The molecule has 18 heteroatoms. The summed E-state index contributed by atoms with van der Waals surface area (Å²) in [6, 6.07) is 1.18. The molecule has 1 saturated heterocycles. The highest BCUT2D eigenvalue weighted by atomic mass is 16.3. The van der Waals surface area contributed by atoms with Gasteiger partial charge < -0.3 is 54.0 Å². The highest BCUT2D eigenvalue weighted by Crippen LogP contribution is 2.24. The minimum Gasteiger partial charge on any atom is -0.508 e. The third kappa shape index (κ3) is 15.8. The van der Waals surface area contributed by atoms with Crippen molar-refractivity contribution in [3.8, 4) is 5.75 Å². The number of carbonyl (C=O) groups is 7. The Hall–Kier alpha value is -5.10. The van der Waals surface area contributed by atoms with Crippen LogP contribution in [0.25, 0.3) is 0 Å². The van der Waals surface area contributed by atoms with Gasteiger partial charge in [-0.2, -0.15) is 0 Å². The predicted octanol–water partition coefficient (Wildman–Crippen LogP) is -0.890. The van der Waals surface area contributed by atoms with Gasteiger partial charge >= 0.3 is 0 Å². The summed E-state index contributed by atoms with van der Waals surface area (Å²) >= 11 is 0. The van der Waals surface area contributed by atoms with Gasteiger partial charge in [-0.15, -0.1) is 0 Å². The molecule has 13 N–H and O–H groups in total. The molecule has 8 atom stereocenters. The Morgan fingerprint density at radius 3 is 2.07 bits per heavy atom. The second-order valence-electron chi connectivity index (χ2n) is 15.8. The number of nitrogens with zero attached hydrogens (tertiary/aromatic N) is 2. The molecule has 1 heterocycles. The molecule has 0 aliphatic carbocycles. The Morgan fingerprint density at radius 1 is 0.895 bits per heavy atom. The van der Waals surface area contributed by atoms with E-state index in [-0.39, 0.29) is 74.6 Å². The number of carbonyl (C=O) groups excluding carboxylic acids is 7. The largest absolute Gasteiger partial charge is 0.508 e. The summed E-state index contributed by atoms with van der Waals surface area (Å²) in [4.78, 5) is 97.6. The molecule has 0 spiro atoms. The maximum absolute atomic E-state index is 13.8. The number of guanidine groups is 1. The molecule has 1 aromatic rings. The number of hydrogen-bond acceptors (Lipinski definition) is 11. The first kappa shape index (κ1) is 48.0. The number of rotatable bonds is 24. The molecule has 18 nitrogen and oxygen atoms in total. The van der Waals surface area contributed by atoms with E-state index >= 15 is 0 Å². The fourth-order valence-electron chi connectivity index (χ4n) is 6.61. The predicted molar refractivity (Wildman–Crippen MR) is 213 cm³/mol. The zero-order valence-corrected chi connectivity index (χ0v) is 33.9. The summed E-state index contributed by atoms with van der Waals surface area (Å²) in [5.74, 6) is -6.25. The molecule has 0 unspecified atom stereocenters. The Morgan fingerprint density at radius 2 is 1.53 bits per heavy atom. The van der Waals surface area contributed by atoms with Crippen LogP contribution in [0.5, 0.6) is 5.75 Å². The third-order valence-electron chi connectivity index (χ3n) is 9.97. The SMILES string of the molecule is CC(C)C[C@H](C(=O)N[C@H](C)C(N)=O)N1C[C@@H](NC(=O)[C@H](CC(=O)[C@H](NC(=O)[C@H](CC(=O)[C@H](N)CCCN=C(N)N)Cc2ccc(O)cc2)[C@@H](C)O)C(C)C)CC1=O. The summed E-state index contributed by atoms with van der Waals surface area (Å²) in [6.45, 7) is 10.3. The van der Waals surface area contributed by atoms with E-state index in [1.807, 2.05) is 13.8 Å². The molecule has 0 bridgehead atoms. The number of amides is 5. The third-order valence-corrected chi connectivity index (χ3v) is 9.97. The van der Waals surface area contributed by atoms with Gasteiger partial charge in [0.1, 0.15) is 29.7 Å². The fourth-order valence-corrected chi connectivity index (χ4v) is 6.61. The molecule has 2 rings (SSSR count). The van der Waals surface area contributed by atoms with Crippen molar-refractivity contribution in [3.63, 3.8) is 0 Å². The number of phenolic OH excluding ortho intramolecular Hbond substituents is 1. The number of aliphatic imine (C=N–C) groups is 1. The van der Waals surface area contributed by atoms with E-state index < -0.39 is 83.3 Å². The van der Waals surface area contributed by atoms with Gasteiger partial charge in [-0.25, -0.2) is 0 Å². The number of primary amides is 1. The first-order chi connectivity index (χ1) is 26.6. The van der Waals surface area contributed by atoms with E-state index in [1.165, 1.54) is 30.9 Å². The Kier molecular flexibility index (Phi) is 19.0. The van der Waals surface area contributed by atoms with Crippen molar-refractivity contribution in [2.45, 2.75) is 123 Å². The summed E-state index contributed by atoms with van der Waals surface area (Å²) in [6.07, 6.45) is -1.08. The molecule has 1 aliphatic rings. The zero-order valence-electron chi connectivity index (χ0n) is 33.9. The number of Topliss-reactive ketones (excluding diaryl/α,β-unsaturated/α-hetero) is 2. The number of aromatic hydroxyl groups is 1. The van der Waals surface area contributed by atoms with E-state index in [0.29, 0.717) is 18.4 Å². The summed E-state index contributed by atoms with van der Waals surface area (Å²) in [5.41, 5.74) is 22.8. The molecule has 5 amide bonds. The van der Waals surface area contributed by atoms with Crippen LogP contribution in [-0.2, 0) is 40.0 Å². The second kappa shape index (κ2) is 22.6. The van der Waals surface area contributed by atoms with Crippen molar-refractivity contribution >= 4 is 47.1 Å². The van der Waals surface area contributed by atoms with Crippen LogP contribution in [0, 0.1) is 23.7 Å². The number of hydrogen-bond donors (Lipinski definition) is 9. The van der Waals surface area contributed by atoms with Gasteiger partial charge in [-0.3, -0.25) is 38.6 Å². The number of likely N-dealkylation sites (tertiary alicyclic amines) is 1. The van der Waals surface area contributed by atoms with Gasteiger partial charge in [0.15, 0.2) is 11.7 Å². The van der Waals surface area contributed by atoms with Gasteiger partial charge in [0, 0.05) is 44.2 Å². The minimum absolute atomic E-state index is 0.00782. The molecular weight excluding hydrogens is 738 g/mol. The van der Waals surface area contributed by atoms with Crippen LogP contribution in [0.2, 0.25) is 0 Å². The van der Waals surface area contributed by atoms with Crippen molar-refractivity contribution in [2.75, 3.05) is 13.1 Å². The number of aliphatic hydroxyl groups is 1. The van der Waals surface area contributed by atoms with Crippen LogP contribution in [0.4, 0.5) is 0 Å². The number of nitrogens with one attached hydrogen (secondary N) is 3. The van der Waals surface area contributed by atoms with Crippen LogP contribution >= 0.6 is 0 Å². The smallest absolute Gasteiger partial charge is 0.243 e. The Bertz CT molecular complexity index is 1600. The standard InChI is InChI=1S/C39H63N9O9/c1-20(2)14-30(38(57)45-22(5)35(41)54)48-19-26(17-33(48)53)46-37(56)28(21(3)4)18-32(52)34(23(6)49)47-36(55)25(15-24-9-11-27(50)12-10-24)16-31(51)29(40)8-7-13-44-39(42)43/h9-12,20-23,25-26,28-30,34,49-50H,7-8,13-19,40H2,1-6H3,(H2,41,54)(H,45,57)(H,46,56)(H,47,55)(H4,42,43,44)/t22-,23-,25+,26+,28-,29-,30-,34-/m1/s1. The Labute approximate surface area is 334 Å². The second-order valence-corrected chi connectivity index (χ2v) is 15.8. The highest BCUT2D eigenvalue weighted by Gasteiger charge is 2.41. The molecule has 1 aromatic carbocycles. The lowest BCUT2D eigenvalue weighted by Crippen LogP contribution is -2.53. The van der Waals surface area contributed by atoms with Gasteiger partial charge in [0.05, 0.1) is 18.2 Å². The quantitative estimate of drug-likeness (QED) is 0.0349. The summed E-state index contributed by atoms with van der Waals surface area (Å²) < 4.78 is 0. The lowest BCUT2D eigenvalue weighted by atomic mass is 9.86. The van der Waals surface area contributed by atoms with Crippen molar-refractivity contribution in [1.29, 1.82) is 0 Å². The van der Waals surface area contributed by atoms with E-state index in [1.54, 1.807) is 26.0 Å². The van der Waals surface area contributed by atoms with Crippen LogP contribution in [-0.4, -0.2) is 112 Å². The minimum atomic E-state index is -1.43. The van der Waals surface area contributed by atoms with E-state index in [2.05, 4.69) is 20.9 Å². The number of benzene rings is 1. The summed E-state index contributed by atoms with van der Waals surface area (Å²) in [7, 11) is 0. The average Bonchev–Trinajstić information content (AvgIpc) is 3.48. The van der Waals surface area contributed by atoms with Crippen LogP contribution in [0.1, 0.15) is 85.6 Å². The van der Waals surface area contributed by atoms with Gasteiger partial charge in [-0.05, 0) is 69.1 Å². The van der Waals surface area contributed by atoms with E-state index in [0.717, 1.165) is 0 Å². The van der Waals surface area contributed by atoms with Crippen molar-refractivity contribution in [3.05, 3.63) is 29.8 Å². The molecule has 1 fully saturated rings. The first-order valence-electron chi connectivity index (χ1n) is 19.4. The molecule has 1 aliphatic heterocycles. The van der Waals surface area contributed by atoms with Crippen molar-refractivity contribution in [2.24, 2.45) is 51.6 Å². The van der Waals surface area contributed by atoms with Gasteiger partial charge in [-0.1, -0.05) is 39.8 Å². The van der Waals surface area contributed by atoms with E-state index in [4.69, 9.17) is 22.9 Å². The lowest BCUT2D eigenvalue weighted by Gasteiger charge is -2.30. The average molecular weight is 802 g/mol. The molecular formula is C39H63N9O9. The maximum Gasteiger partial charge on any atom is 0.243 e. The van der Waals surface area contributed by atoms with Gasteiger partial charge in [0.25, 0.3) is 0 Å². The molecule has 57 heavy (non-hydrogen) atoms. The number of phenols is 1. The van der Waals surface area contributed by atoms with Crippen LogP contribution in [0.15, 0.2) is 29.3 Å². The first-order valence-corrected chi connectivity index (χ1v) is 19.4. The fraction of sp³-hybridized carbons (Fsp3) is 0.641. The van der Waals surface area contributed by atoms with Gasteiger partial charge in [0.2, 0.25) is 29.5 Å². The van der Waals surface area contributed by atoms with Crippen LogP contribution in [0.3, 0.4) is 0 Å². The van der Waals surface area contributed by atoms with Crippen LogP contribution < -0.4 is 38.9 Å².